The lowest BCUT2D eigenvalue weighted by Gasteiger charge is -2.33. The van der Waals surface area contributed by atoms with Crippen LogP contribution in [0.1, 0.15) is 10.4 Å². The Bertz CT molecular complexity index is 524. The van der Waals surface area contributed by atoms with Gasteiger partial charge in [0.1, 0.15) is 6.04 Å². The minimum atomic E-state index is -0.984. The molecule has 1 aromatic rings. The van der Waals surface area contributed by atoms with Crippen molar-refractivity contribution in [3.05, 3.63) is 31.8 Å². The summed E-state index contributed by atoms with van der Waals surface area (Å²) < 4.78 is 1.62. The number of carboxylic acids is 1. The third-order valence-corrected chi connectivity index (χ3v) is 4.31. The zero-order valence-corrected chi connectivity index (χ0v) is 13.6. The summed E-state index contributed by atoms with van der Waals surface area (Å²) in [6.45, 7) is 1.29. The number of carboxylic acid groups (broad SMARTS) is 1. The van der Waals surface area contributed by atoms with Gasteiger partial charge in [-0.05, 0) is 56.7 Å². The van der Waals surface area contributed by atoms with Gasteiger partial charge in [0.2, 0.25) is 0 Å². The highest BCUT2D eigenvalue weighted by atomic mass is 127. The summed E-state index contributed by atoms with van der Waals surface area (Å²) in [5.74, 6) is -1.23. The maximum atomic E-state index is 12.5. The Kier molecular flexibility index (Phi) is 4.80. The van der Waals surface area contributed by atoms with Gasteiger partial charge in [0.15, 0.2) is 0 Å². The van der Waals surface area contributed by atoms with Crippen LogP contribution in [0.5, 0.6) is 0 Å². The van der Waals surface area contributed by atoms with E-state index in [1.165, 1.54) is 4.90 Å². The third kappa shape index (κ3) is 3.26. The number of nitrogens with one attached hydrogen (secondary N) is 1. The number of halogens is 2. The first kappa shape index (κ1) is 14.7. The van der Waals surface area contributed by atoms with Crippen LogP contribution in [0.15, 0.2) is 22.7 Å². The molecule has 2 rings (SSSR count). The SMILES string of the molecule is O=C(O)C1CNCCN1C(=O)c1cc(I)ccc1Br. The van der Waals surface area contributed by atoms with Crippen LogP contribution in [0.3, 0.4) is 0 Å². The second-order valence-corrected chi connectivity index (χ2v) is 6.28. The quantitative estimate of drug-likeness (QED) is 0.687. The van der Waals surface area contributed by atoms with Crippen molar-refractivity contribution in [3.8, 4) is 0 Å². The summed E-state index contributed by atoms with van der Waals surface area (Å²) in [5, 5.41) is 12.2. The Morgan fingerprint density at radius 1 is 1.47 bits per heavy atom. The highest BCUT2D eigenvalue weighted by Gasteiger charge is 2.33. The fraction of sp³-hybridized carbons (Fsp3) is 0.333. The molecule has 1 heterocycles. The summed E-state index contributed by atoms with van der Waals surface area (Å²) >= 11 is 5.47. The summed E-state index contributed by atoms with van der Waals surface area (Å²) in [4.78, 5) is 25.1. The van der Waals surface area contributed by atoms with Crippen LogP contribution in [0.25, 0.3) is 0 Å². The van der Waals surface area contributed by atoms with Crippen LogP contribution in [0, 0.1) is 3.57 Å². The molecule has 0 radical (unpaired) electrons. The molecule has 1 fully saturated rings. The fourth-order valence-corrected chi connectivity index (χ4v) is 2.89. The zero-order chi connectivity index (χ0) is 14.0. The normalized spacial score (nSPS) is 19.3. The van der Waals surface area contributed by atoms with Gasteiger partial charge in [-0.1, -0.05) is 0 Å². The van der Waals surface area contributed by atoms with E-state index in [4.69, 9.17) is 0 Å². The molecular formula is C12H12BrIN2O3. The minimum absolute atomic E-state index is 0.251. The predicted octanol–water partition coefficient (Wildman–Crippen LogP) is 1.55. The van der Waals surface area contributed by atoms with Gasteiger partial charge in [0, 0.05) is 27.7 Å². The Hall–Kier alpha value is -0.670. The highest BCUT2D eigenvalue weighted by molar-refractivity contribution is 14.1. The number of hydrogen-bond donors (Lipinski definition) is 2. The number of rotatable bonds is 2. The number of hydrogen-bond acceptors (Lipinski definition) is 3. The van der Waals surface area contributed by atoms with E-state index in [1.54, 1.807) is 12.1 Å². The molecule has 0 bridgehead atoms. The number of carbonyl (C=O) groups is 2. The first-order valence-corrected chi connectivity index (χ1v) is 7.57. The lowest BCUT2D eigenvalue weighted by molar-refractivity contribution is -0.142. The number of benzene rings is 1. The number of nitrogens with zero attached hydrogens (tertiary/aromatic N) is 1. The zero-order valence-electron chi connectivity index (χ0n) is 9.90. The molecular weight excluding hydrogens is 427 g/mol. The molecule has 1 amide bonds. The first-order chi connectivity index (χ1) is 9.00. The number of amides is 1. The molecule has 19 heavy (non-hydrogen) atoms. The predicted molar refractivity (Wildman–Crippen MR) is 82.2 cm³/mol. The largest absolute Gasteiger partial charge is 0.480 e. The van der Waals surface area contributed by atoms with Crippen LogP contribution < -0.4 is 5.32 Å². The summed E-state index contributed by atoms with van der Waals surface area (Å²) in [6.07, 6.45) is 0. The van der Waals surface area contributed by atoms with Gasteiger partial charge in [0.05, 0.1) is 5.56 Å². The maximum Gasteiger partial charge on any atom is 0.327 e. The Morgan fingerprint density at radius 2 is 2.21 bits per heavy atom. The van der Waals surface area contributed by atoms with Gasteiger partial charge in [-0.25, -0.2) is 4.79 Å². The van der Waals surface area contributed by atoms with Crippen LogP contribution in [0.2, 0.25) is 0 Å². The molecule has 0 aliphatic carbocycles. The monoisotopic (exact) mass is 438 g/mol. The second-order valence-electron chi connectivity index (χ2n) is 4.18. The van der Waals surface area contributed by atoms with Crippen molar-refractivity contribution in [1.82, 2.24) is 10.2 Å². The molecule has 1 unspecified atom stereocenters. The van der Waals surface area contributed by atoms with Crippen LogP contribution in [-0.4, -0.2) is 47.6 Å². The lowest BCUT2D eigenvalue weighted by atomic mass is 10.1. The van der Waals surface area contributed by atoms with Crippen molar-refractivity contribution < 1.29 is 14.7 Å². The number of piperazine rings is 1. The summed E-state index contributed by atoms with van der Waals surface area (Å²) in [5.41, 5.74) is 0.500. The molecule has 5 nitrogen and oxygen atoms in total. The average Bonchev–Trinajstić information content (AvgIpc) is 2.40. The molecule has 1 atom stereocenters. The van der Waals surface area contributed by atoms with Gasteiger partial charge in [-0.2, -0.15) is 0 Å². The lowest BCUT2D eigenvalue weighted by Crippen LogP contribution is -2.57. The van der Waals surface area contributed by atoms with E-state index < -0.39 is 12.0 Å². The molecule has 1 aromatic carbocycles. The second kappa shape index (κ2) is 6.19. The Morgan fingerprint density at radius 3 is 2.89 bits per heavy atom. The molecule has 1 aliphatic heterocycles. The smallest absolute Gasteiger partial charge is 0.327 e. The molecule has 0 spiro atoms. The van der Waals surface area contributed by atoms with Crippen molar-refractivity contribution in [2.75, 3.05) is 19.6 Å². The maximum absolute atomic E-state index is 12.5. The van der Waals surface area contributed by atoms with Crippen molar-refractivity contribution in [3.63, 3.8) is 0 Å². The van der Waals surface area contributed by atoms with E-state index in [0.717, 1.165) is 3.57 Å². The van der Waals surface area contributed by atoms with Gasteiger partial charge in [-0.3, -0.25) is 4.79 Å². The van der Waals surface area contributed by atoms with Crippen LogP contribution in [0.4, 0.5) is 0 Å². The number of aliphatic carboxylic acids is 1. The van der Waals surface area contributed by atoms with Crippen LogP contribution in [-0.2, 0) is 4.79 Å². The molecule has 1 saturated heterocycles. The first-order valence-electron chi connectivity index (χ1n) is 5.70. The van der Waals surface area contributed by atoms with Crippen molar-refractivity contribution >= 4 is 50.4 Å². The molecule has 7 heteroatoms. The molecule has 0 aromatic heterocycles. The van der Waals surface area contributed by atoms with E-state index in [9.17, 15) is 14.7 Å². The van der Waals surface area contributed by atoms with E-state index in [0.29, 0.717) is 23.1 Å². The van der Waals surface area contributed by atoms with Crippen molar-refractivity contribution in [2.45, 2.75) is 6.04 Å². The van der Waals surface area contributed by atoms with Gasteiger partial charge in [-0.15, -0.1) is 0 Å². The molecule has 2 N–H and O–H groups in total. The summed E-state index contributed by atoms with van der Waals surface area (Å²) in [6, 6.07) is 4.63. The Labute approximate surface area is 132 Å². The van der Waals surface area contributed by atoms with E-state index in [-0.39, 0.29) is 12.5 Å². The topological polar surface area (TPSA) is 69.6 Å². The summed E-state index contributed by atoms with van der Waals surface area (Å²) in [7, 11) is 0. The highest BCUT2D eigenvalue weighted by Crippen LogP contribution is 2.22. The van der Waals surface area contributed by atoms with Gasteiger partial charge >= 0.3 is 5.97 Å². The van der Waals surface area contributed by atoms with Gasteiger partial charge in [0.25, 0.3) is 5.91 Å². The van der Waals surface area contributed by atoms with Crippen molar-refractivity contribution in [1.29, 1.82) is 0 Å². The molecule has 1 aliphatic rings. The molecule has 0 saturated carbocycles. The van der Waals surface area contributed by atoms with Crippen molar-refractivity contribution in [2.24, 2.45) is 0 Å². The van der Waals surface area contributed by atoms with E-state index in [2.05, 4.69) is 43.8 Å². The third-order valence-electron chi connectivity index (χ3n) is 2.95. The van der Waals surface area contributed by atoms with Gasteiger partial charge < -0.3 is 15.3 Å². The average molecular weight is 439 g/mol. The standard InChI is InChI=1S/C12H12BrIN2O3/c13-9-2-1-7(14)5-8(9)11(17)16-4-3-15-6-10(16)12(18)19/h1-2,5,10,15H,3-4,6H2,(H,18,19). The number of carbonyl (C=O) groups excluding carboxylic acids is 1. The Balaban J connectivity index is 2.31. The minimum Gasteiger partial charge on any atom is -0.480 e. The van der Waals surface area contributed by atoms with E-state index >= 15 is 0 Å². The molecule has 102 valence electrons. The van der Waals surface area contributed by atoms with E-state index in [1.807, 2.05) is 6.07 Å². The van der Waals surface area contributed by atoms with Crippen LogP contribution >= 0.6 is 38.5 Å². The fourth-order valence-electron chi connectivity index (χ4n) is 1.98.